The van der Waals surface area contributed by atoms with E-state index in [2.05, 4.69) is 21.9 Å². The van der Waals surface area contributed by atoms with Crippen LogP contribution < -0.4 is 10.5 Å². The van der Waals surface area contributed by atoms with Crippen molar-refractivity contribution in [2.45, 2.75) is 39.2 Å². The van der Waals surface area contributed by atoms with Crippen LogP contribution in [0.25, 0.3) is 11.2 Å². The summed E-state index contributed by atoms with van der Waals surface area (Å²) in [6, 6.07) is 3.72. The van der Waals surface area contributed by atoms with E-state index in [1.807, 2.05) is 19.1 Å². The first-order valence-electron chi connectivity index (χ1n) is 6.49. The van der Waals surface area contributed by atoms with E-state index >= 15 is 0 Å². The number of imidazole rings is 1. The standard InChI is InChI=1S/C13H20N4O/c1-3-5-6-9(14)12-15-10-7-8-11(18-4-2)16-13(10)17-12/h7-9H,3-6,14H2,1-2H3,(H,15,16,17). The van der Waals surface area contributed by atoms with Crippen LogP contribution in [-0.4, -0.2) is 21.6 Å². The predicted molar refractivity (Wildman–Crippen MR) is 71.5 cm³/mol. The minimum absolute atomic E-state index is 0.0466. The number of nitrogens with one attached hydrogen (secondary N) is 1. The molecular weight excluding hydrogens is 228 g/mol. The predicted octanol–water partition coefficient (Wildman–Crippen LogP) is 2.55. The van der Waals surface area contributed by atoms with Gasteiger partial charge in [-0.1, -0.05) is 19.8 Å². The maximum Gasteiger partial charge on any atom is 0.215 e. The SMILES string of the molecule is CCCCC(N)c1nc2nc(OCC)ccc2[nH]1. The van der Waals surface area contributed by atoms with Gasteiger partial charge in [0.2, 0.25) is 5.88 Å². The molecule has 0 saturated carbocycles. The Kier molecular flexibility index (Phi) is 4.15. The largest absolute Gasteiger partial charge is 0.478 e. The Bertz CT molecular complexity index is 509. The first kappa shape index (κ1) is 12.8. The molecule has 0 saturated heterocycles. The fourth-order valence-corrected chi connectivity index (χ4v) is 1.86. The number of rotatable bonds is 6. The quantitative estimate of drug-likeness (QED) is 0.823. The molecule has 5 heteroatoms. The molecule has 2 aromatic heterocycles. The van der Waals surface area contributed by atoms with Gasteiger partial charge in [-0.3, -0.25) is 0 Å². The molecule has 0 bridgehead atoms. The number of aromatic amines is 1. The number of hydrogen-bond donors (Lipinski definition) is 2. The summed E-state index contributed by atoms with van der Waals surface area (Å²) >= 11 is 0. The highest BCUT2D eigenvalue weighted by Crippen LogP contribution is 2.19. The van der Waals surface area contributed by atoms with E-state index in [0.717, 1.165) is 30.6 Å². The summed E-state index contributed by atoms with van der Waals surface area (Å²) < 4.78 is 5.35. The Hall–Kier alpha value is -1.62. The van der Waals surface area contributed by atoms with Gasteiger partial charge in [0, 0.05) is 6.07 Å². The lowest BCUT2D eigenvalue weighted by Crippen LogP contribution is -2.11. The Morgan fingerprint density at radius 3 is 2.89 bits per heavy atom. The number of nitrogens with two attached hydrogens (primary N) is 1. The molecule has 0 amide bonds. The third kappa shape index (κ3) is 2.79. The number of aromatic nitrogens is 3. The van der Waals surface area contributed by atoms with Gasteiger partial charge in [0.05, 0.1) is 18.2 Å². The van der Waals surface area contributed by atoms with Crippen LogP contribution in [0.1, 0.15) is 45.0 Å². The van der Waals surface area contributed by atoms with Crippen molar-refractivity contribution in [3.8, 4) is 5.88 Å². The molecule has 18 heavy (non-hydrogen) atoms. The molecule has 0 aromatic carbocycles. The second kappa shape index (κ2) is 5.82. The van der Waals surface area contributed by atoms with Crippen molar-refractivity contribution in [1.82, 2.24) is 15.0 Å². The van der Waals surface area contributed by atoms with Gasteiger partial charge in [0.25, 0.3) is 0 Å². The normalized spacial score (nSPS) is 12.8. The number of pyridine rings is 1. The fraction of sp³-hybridized carbons (Fsp3) is 0.538. The minimum Gasteiger partial charge on any atom is -0.478 e. The number of fused-ring (bicyclic) bond motifs is 1. The van der Waals surface area contributed by atoms with Crippen molar-refractivity contribution in [3.63, 3.8) is 0 Å². The Morgan fingerprint density at radius 2 is 2.17 bits per heavy atom. The molecule has 0 radical (unpaired) electrons. The molecule has 2 rings (SSSR count). The molecule has 2 heterocycles. The van der Waals surface area contributed by atoms with Crippen molar-refractivity contribution in [3.05, 3.63) is 18.0 Å². The zero-order valence-corrected chi connectivity index (χ0v) is 10.9. The second-order valence-electron chi connectivity index (χ2n) is 4.32. The van der Waals surface area contributed by atoms with Gasteiger partial charge in [0.1, 0.15) is 5.82 Å². The number of unbranched alkanes of at least 4 members (excludes halogenated alkanes) is 1. The Morgan fingerprint density at radius 1 is 1.33 bits per heavy atom. The Balaban J connectivity index is 2.21. The molecule has 1 unspecified atom stereocenters. The van der Waals surface area contributed by atoms with Gasteiger partial charge in [-0.05, 0) is 19.4 Å². The lowest BCUT2D eigenvalue weighted by atomic mass is 10.1. The molecule has 2 aromatic rings. The summed E-state index contributed by atoms with van der Waals surface area (Å²) in [6.45, 7) is 4.69. The van der Waals surface area contributed by atoms with Crippen molar-refractivity contribution in [2.24, 2.45) is 5.73 Å². The summed E-state index contributed by atoms with van der Waals surface area (Å²) in [7, 11) is 0. The monoisotopic (exact) mass is 248 g/mol. The lowest BCUT2D eigenvalue weighted by Gasteiger charge is -2.06. The van der Waals surface area contributed by atoms with Gasteiger partial charge in [-0.2, -0.15) is 4.98 Å². The van der Waals surface area contributed by atoms with Gasteiger partial charge in [-0.15, -0.1) is 0 Å². The molecule has 0 aliphatic heterocycles. The van der Waals surface area contributed by atoms with Crippen LogP contribution in [0.3, 0.4) is 0 Å². The van der Waals surface area contributed by atoms with E-state index in [1.165, 1.54) is 0 Å². The molecule has 0 aliphatic carbocycles. The molecular formula is C13H20N4O. The van der Waals surface area contributed by atoms with E-state index in [-0.39, 0.29) is 6.04 Å². The third-order valence-electron chi connectivity index (χ3n) is 2.85. The van der Waals surface area contributed by atoms with Crippen molar-refractivity contribution in [1.29, 1.82) is 0 Å². The van der Waals surface area contributed by atoms with Crippen LogP contribution in [-0.2, 0) is 0 Å². The number of hydrogen-bond acceptors (Lipinski definition) is 4. The minimum atomic E-state index is -0.0466. The Labute approximate surface area is 107 Å². The summed E-state index contributed by atoms with van der Waals surface area (Å²) in [6.07, 6.45) is 3.19. The summed E-state index contributed by atoms with van der Waals surface area (Å²) in [5.74, 6) is 1.41. The molecule has 3 N–H and O–H groups in total. The van der Waals surface area contributed by atoms with Gasteiger partial charge in [-0.25, -0.2) is 4.98 Å². The van der Waals surface area contributed by atoms with Crippen molar-refractivity contribution >= 4 is 11.2 Å². The number of ether oxygens (including phenoxy) is 1. The maximum atomic E-state index is 6.09. The molecule has 5 nitrogen and oxygen atoms in total. The van der Waals surface area contributed by atoms with Crippen molar-refractivity contribution in [2.75, 3.05) is 6.61 Å². The maximum absolute atomic E-state index is 6.09. The van der Waals surface area contributed by atoms with Crippen LogP contribution in [0.5, 0.6) is 5.88 Å². The molecule has 0 spiro atoms. The van der Waals surface area contributed by atoms with Crippen molar-refractivity contribution < 1.29 is 4.74 Å². The molecule has 98 valence electrons. The molecule has 0 fully saturated rings. The third-order valence-corrected chi connectivity index (χ3v) is 2.85. The summed E-state index contributed by atoms with van der Waals surface area (Å²) in [5.41, 5.74) is 7.66. The van der Waals surface area contributed by atoms with Crippen LogP contribution in [0.15, 0.2) is 12.1 Å². The first-order chi connectivity index (χ1) is 8.74. The highest BCUT2D eigenvalue weighted by molar-refractivity contribution is 5.71. The average molecular weight is 248 g/mol. The summed E-state index contributed by atoms with van der Waals surface area (Å²) in [4.78, 5) is 12.0. The van der Waals surface area contributed by atoms with Crippen LogP contribution in [0.4, 0.5) is 0 Å². The molecule has 0 aliphatic rings. The van der Waals surface area contributed by atoms with Crippen LogP contribution in [0, 0.1) is 0 Å². The highest BCUT2D eigenvalue weighted by Gasteiger charge is 2.12. The zero-order chi connectivity index (χ0) is 13.0. The van der Waals surface area contributed by atoms with Crippen LogP contribution in [0.2, 0.25) is 0 Å². The molecule has 1 atom stereocenters. The smallest absolute Gasteiger partial charge is 0.215 e. The fourth-order valence-electron chi connectivity index (χ4n) is 1.86. The van der Waals surface area contributed by atoms with Crippen LogP contribution >= 0.6 is 0 Å². The van der Waals surface area contributed by atoms with Gasteiger partial charge < -0.3 is 15.5 Å². The topological polar surface area (TPSA) is 76.8 Å². The average Bonchev–Trinajstić information content (AvgIpc) is 2.79. The van der Waals surface area contributed by atoms with Gasteiger partial charge >= 0.3 is 0 Å². The van der Waals surface area contributed by atoms with E-state index in [9.17, 15) is 0 Å². The zero-order valence-electron chi connectivity index (χ0n) is 10.9. The van der Waals surface area contributed by atoms with E-state index in [0.29, 0.717) is 18.1 Å². The van der Waals surface area contributed by atoms with E-state index in [1.54, 1.807) is 0 Å². The van der Waals surface area contributed by atoms with E-state index in [4.69, 9.17) is 10.5 Å². The summed E-state index contributed by atoms with van der Waals surface area (Å²) in [5, 5.41) is 0. The number of nitrogens with zero attached hydrogens (tertiary/aromatic N) is 2. The lowest BCUT2D eigenvalue weighted by molar-refractivity contribution is 0.328. The van der Waals surface area contributed by atoms with E-state index < -0.39 is 0 Å². The van der Waals surface area contributed by atoms with Gasteiger partial charge in [0.15, 0.2) is 5.65 Å². The number of H-pyrrole nitrogens is 1. The second-order valence-corrected chi connectivity index (χ2v) is 4.32. The highest BCUT2D eigenvalue weighted by atomic mass is 16.5. The first-order valence-corrected chi connectivity index (χ1v) is 6.49.